The maximum atomic E-state index is 11.5. The number of ether oxygens (including phenoxy) is 1. The van der Waals surface area contributed by atoms with Crippen LogP contribution in [0.15, 0.2) is 35.0 Å². The zero-order valence-corrected chi connectivity index (χ0v) is 12.4. The number of hydrogen-bond acceptors (Lipinski definition) is 2. The van der Waals surface area contributed by atoms with Crippen LogP contribution in [-0.4, -0.2) is 11.7 Å². The van der Waals surface area contributed by atoms with Gasteiger partial charge in [-0.15, -0.1) is 0 Å². The molecule has 0 aromatic carbocycles. The van der Waals surface area contributed by atoms with Gasteiger partial charge in [0.15, 0.2) is 0 Å². The Morgan fingerprint density at radius 1 is 1.41 bits per heavy atom. The van der Waals surface area contributed by atoms with E-state index in [-0.39, 0.29) is 0 Å². The Kier molecular flexibility index (Phi) is 6.88. The number of halogens is 1. The molecule has 1 amide bonds. The van der Waals surface area contributed by atoms with Crippen molar-refractivity contribution in [1.82, 2.24) is 5.32 Å². The quantitative estimate of drug-likeness (QED) is 0.788. The van der Waals surface area contributed by atoms with E-state index in [2.05, 4.69) is 27.8 Å². The summed E-state index contributed by atoms with van der Waals surface area (Å²) in [6.07, 6.45) is 5.80. The van der Waals surface area contributed by atoms with Crippen molar-refractivity contribution in [1.29, 1.82) is 0 Å². The van der Waals surface area contributed by atoms with Gasteiger partial charge >= 0.3 is 6.09 Å². The van der Waals surface area contributed by atoms with E-state index in [0.717, 1.165) is 10.9 Å². The Labute approximate surface area is 112 Å². The van der Waals surface area contributed by atoms with Gasteiger partial charge in [0.25, 0.3) is 0 Å². The van der Waals surface area contributed by atoms with Crippen LogP contribution in [-0.2, 0) is 4.74 Å². The van der Waals surface area contributed by atoms with E-state index in [1.165, 1.54) is 0 Å². The lowest BCUT2D eigenvalue weighted by atomic mass is 10.2. The third-order valence-corrected chi connectivity index (χ3v) is 1.78. The molecule has 0 saturated carbocycles. The Morgan fingerprint density at radius 2 is 2.00 bits per heavy atom. The second-order valence-corrected chi connectivity index (χ2v) is 5.49. The van der Waals surface area contributed by atoms with Gasteiger partial charge in [-0.2, -0.15) is 0 Å². The Morgan fingerprint density at radius 3 is 2.41 bits per heavy atom. The highest BCUT2D eigenvalue weighted by atomic mass is 79.9. The van der Waals surface area contributed by atoms with Crippen LogP contribution in [0, 0.1) is 0 Å². The summed E-state index contributed by atoms with van der Waals surface area (Å²) in [5.74, 6) is 0. The summed E-state index contributed by atoms with van der Waals surface area (Å²) in [5, 5.41) is 2.68. The molecule has 0 rings (SSSR count). The fourth-order valence-corrected chi connectivity index (χ4v) is 1.11. The number of nitrogens with one attached hydrogen (secondary N) is 1. The van der Waals surface area contributed by atoms with Crippen LogP contribution >= 0.6 is 15.9 Å². The zero-order valence-electron chi connectivity index (χ0n) is 10.8. The number of carbonyl (C=O) groups is 1. The average molecular weight is 302 g/mol. The first-order valence-corrected chi connectivity index (χ1v) is 6.26. The molecule has 4 heteroatoms. The van der Waals surface area contributed by atoms with E-state index in [9.17, 15) is 4.79 Å². The summed E-state index contributed by atoms with van der Waals surface area (Å²) in [6, 6.07) is 0. The van der Waals surface area contributed by atoms with Crippen molar-refractivity contribution >= 4 is 22.0 Å². The number of rotatable bonds is 4. The van der Waals surface area contributed by atoms with Gasteiger partial charge in [0.05, 0.1) is 0 Å². The molecule has 96 valence electrons. The van der Waals surface area contributed by atoms with Gasteiger partial charge in [0.1, 0.15) is 5.60 Å². The smallest absolute Gasteiger partial charge is 0.412 e. The molecule has 1 N–H and O–H groups in total. The molecule has 0 bridgehead atoms. The minimum atomic E-state index is -0.496. The van der Waals surface area contributed by atoms with Crippen molar-refractivity contribution in [2.45, 2.75) is 39.7 Å². The Hall–Kier alpha value is -1.03. The van der Waals surface area contributed by atoms with Crippen molar-refractivity contribution in [3.05, 3.63) is 35.0 Å². The maximum Gasteiger partial charge on any atom is 0.412 e. The van der Waals surface area contributed by atoms with E-state index in [1.807, 2.05) is 33.8 Å². The molecule has 0 aromatic rings. The lowest BCUT2D eigenvalue weighted by Crippen LogP contribution is -2.31. The van der Waals surface area contributed by atoms with Crippen LogP contribution in [0.1, 0.15) is 34.1 Å². The summed E-state index contributed by atoms with van der Waals surface area (Å²) < 4.78 is 5.90. The predicted octanol–water partition coefficient (Wildman–Crippen LogP) is 4.27. The summed E-state index contributed by atoms with van der Waals surface area (Å²) >= 11 is 3.22. The monoisotopic (exact) mass is 301 g/mol. The fourth-order valence-electron chi connectivity index (χ4n) is 0.982. The van der Waals surface area contributed by atoms with Crippen molar-refractivity contribution in [3.63, 3.8) is 0 Å². The molecule has 17 heavy (non-hydrogen) atoms. The van der Waals surface area contributed by atoms with Crippen molar-refractivity contribution in [3.8, 4) is 0 Å². The minimum absolute atomic E-state index is 0.456. The molecule has 0 fully saturated rings. The first-order valence-electron chi connectivity index (χ1n) is 5.47. The van der Waals surface area contributed by atoms with Crippen LogP contribution in [0.4, 0.5) is 4.79 Å². The lowest BCUT2D eigenvalue weighted by molar-refractivity contribution is 0.0548. The number of carbonyl (C=O) groups excluding carboxylic acids is 1. The van der Waals surface area contributed by atoms with E-state index in [4.69, 9.17) is 4.74 Å². The Bertz CT molecular complexity index is 338. The van der Waals surface area contributed by atoms with Gasteiger partial charge in [0.2, 0.25) is 0 Å². The van der Waals surface area contributed by atoms with E-state index in [1.54, 1.807) is 12.2 Å². The van der Waals surface area contributed by atoms with Crippen LogP contribution in [0.3, 0.4) is 0 Å². The largest absolute Gasteiger partial charge is 0.444 e. The second-order valence-electron chi connectivity index (χ2n) is 4.47. The molecule has 0 heterocycles. The van der Waals surface area contributed by atoms with Crippen LogP contribution < -0.4 is 5.32 Å². The highest BCUT2D eigenvalue weighted by Crippen LogP contribution is 2.09. The first-order chi connectivity index (χ1) is 7.74. The molecule has 3 nitrogen and oxygen atoms in total. The van der Waals surface area contributed by atoms with Crippen LogP contribution in [0.25, 0.3) is 0 Å². The highest BCUT2D eigenvalue weighted by Gasteiger charge is 2.16. The topological polar surface area (TPSA) is 38.3 Å². The van der Waals surface area contributed by atoms with E-state index >= 15 is 0 Å². The van der Waals surface area contributed by atoms with Gasteiger partial charge in [-0.3, -0.25) is 5.32 Å². The third-order valence-electron chi connectivity index (χ3n) is 1.51. The van der Waals surface area contributed by atoms with Crippen LogP contribution in [0.2, 0.25) is 0 Å². The summed E-state index contributed by atoms with van der Waals surface area (Å²) in [6.45, 7) is 11.2. The molecule has 0 saturated heterocycles. The molecule has 0 atom stereocenters. The number of allylic oxidation sites excluding steroid dienone is 4. The first kappa shape index (κ1) is 16.0. The van der Waals surface area contributed by atoms with Gasteiger partial charge < -0.3 is 4.74 Å². The second kappa shape index (κ2) is 7.33. The molecule has 0 aromatic heterocycles. The lowest BCUT2D eigenvalue weighted by Gasteiger charge is -2.19. The van der Waals surface area contributed by atoms with E-state index in [0.29, 0.717) is 5.70 Å². The predicted molar refractivity (Wildman–Crippen MR) is 75.0 cm³/mol. The molecule has 0 radical (unpaired) electrons. The standard InChI is InChI=1S/C13H20BrNO2/c1-6-7-11(9-8-10(2)14)15-12(16)17-13(3,4)5/h7-9H,2,6H2,1,3-5H3,(H,15,16)/b9-8-,11-7+. The molecule has 0 aliphatic heterocycles. The van der Waals surface area contributed by atoms with Crippen molar-refractivity contribution in [2.24, 2.45) is 0 Å². The SMILES string of the molecule is C=C(Br)/C=C\C(=C/CC)NC(=O)OC(C)(C)C. The summed E-state index contributed by atoms with van der Waals surface area (Å²) in [5.41, 5.74) is 0.201. The maximum absolute atomic E-state index is 11.5. The number of hydrogen-bond donors (Lipinski definition) is 1. The van der Waals surface area contributed by atoms with Crippen molar-refractivity contribution in [2.75, 3.05) is 0 Å². The number of amides is 1. The van der Waals surface area contributed by atoms with Gasteiger partial charge in [-0.25, -0.2) is 4.79 Å². The number of alkyl carbamates (subject to hydrolysis) is 1. The molecule has 0 aliphatic rings. The molecule has 0 unspecified atom stereocenters. The molecular weight excluding hydrogens is 282 g/mol. The van der Waals surface area contributed by atoms with Gasteiger partial charge in [-0.1, -0.05) is 35.5 Å². The van der Waals surface area contributed by atoms with Crippen LogP contribution in [0.5, 0.6) is 0 Å². The normalized spacial score (nSPS) is 12.6. The summed E-state index contributed by atoms with van der Waals surface area (Å²) in [4.78, 5) is 11.5. The average Bonchev–Trinajstić information content (AvgIpc) is 2.11. The zero-order chi connectivity index (χ0) is 13.5. The fraction of sp³-hybridized carbons (Fsp3) is 0.462. The molecular formula is C13H20BrNO2. The minimum Gasteiger partial charge on any atom is -0.444 e. The highest BCUT2D eigenvalue weighted by molar-refractivity contribution is 9.11. The Balaban J connectivity index is 4.52. The molecule has 0 aliphatic carbocycles. The van der Waals surface area contributed by atoms with Gasteiger partial charge in [0, 0.05) is 10.2 Å². The van der Waals surface area contributed by atoms with E-state index < -0.39 is 11.7 Å². The van der Waals surface area contributed by atoms with Gasteiger partial charge in [-0.05, 0) is 39.3 Å². The molecule has 0 spiro atoms. The van der Waals surface area contributed by atoms with Crippen molar-refractivity contribution < 1.29 is 9.53 Å². The third kappa shape index (κ3) is 9.87. The summed E-state index contributed by atoms with van der Waals surface area (Å²) in [7, 11) is 0.